The van der Waals surface area contributed by atoms with Crippen LogP contribution >= 0.6 is 0 Å². The van der Waals surface area contributed by atoms with Gasteiger partial charge in [0.2, 0.25) is 11.8 Å². The standard InChI is InChI=1S/C11H13N3O3/c15-11(16)14-3-6-7(4-14)8(6)10-13-12-9(17-10)5-1-2-5/h5-8H,1-4H2,(H,15,16)/t6-,7+,8+. The maximum absolute atomic E-state index is 10.8. The number of rotatable bonds is 2. The second-order valence-electron chi connectivity index (χ2n) is 5.29. The van der Waals surface area contributed by atoms with Crippen LogP contribution in [-0.2, 0) is 0 Å². The first-order chi connectivity index (χ1) is 8.24. The monoisotopic (exact) mass is 235 g/mol. The molecule has 3 atom stereocenters. The highest BCUT2D eigenvalue weighted by Crippen LogP contribution is 2.58. The first kappa shape index (κ1) is 9.44. The summed E-state index contributed by atoms with van der Waals surface area (Å²) in [5, 5.41) is 17.1. The summed E-state index contributed by atoms with van der Waals surface area (Å²) < 4.78 is 5.68. The molecule has 0 bridgehead atoms. The van der Waals surface area contributed by atoms with Crippen LogP contribution in [0.5, 0.6) is 0 Å². The SMILES string of the molecule is O=C(O)N1C[C@@H]2[C@H](C1)[C@H]2c1nnc(C2CC2)o1. The lowest BCUT2D eigenvalue weighted by Crippen LogP contribution is -2.29. The molecule has 6 heteroatoms. The number of likely N-dealkylation sites (tertiary alicyclic amines) is 1. The number of fused-ring (bicyclic) bond motifs is 1. The van der Waals surface area contributed by atoms with Crippen LogP contribution in [0.1, 0.15) is 36.5 Å². The van der Waals surface area contributed by atoms with Gasteiger partial charge in [0, 0.05) is 24.9 Å². The number of aromatic nitrogens is 2. The van der Waals surface area contributed by atoms with E-state index in [1.54, 1.807) is 0 Å². The third kappa shape index (κ3) is 1.36. The summed E-state index contributed by atoms with van der Waals surface area (Å²) in [5.41, 5.74) is 0. The predicted molar refractivity (Wildman–Crippen MR) is 55.6 cm³/mol. The average molecular weight is 235 g/mol. The minimum atomic E-state index is -0.819. The van der Waals surface area contributed by atoms with Crippen LogP contribution in [0.4, 0.5) is 4.79 Å². The molecule has 1 saturated heterocycles. The zero-order valence-electron chi connectivity index (χ0n) is 9.24. The fraction of sp³-hybridized carbons (Fsp3) is 0.727. The highest BCUT2D eigenvalue weighted by atomic mass is 16.4. The molecule has 1 aliphatic heterocycles. The quantitative estimate of drug-likeness (QED) is 0.835. The summed E-state index contributed by atoms with van der Waals surface area (Å²) in [6.45, 7) is 1.23. The third-order valence-electron chi connectivity index (χ3n) is 4.13. The Kier molecular flexibility index (Phi) is 1.66. The maximum Gasteiger partial charge on any atom is 0.407 e. The number of carbonyl (C=O) groups is 1. The Bertz CT molecular complexity index is 470. The molecular weight excluding hydrogens is 222 g/mol. The molecule has 0 aromatic carbocycles. The van der Waals surface area contributed by atoms with Crippen molar-refractivity contribution in [1.29, 1.82) is 0 Å². The molecule has 3 aliphatic rings. The van der Waals surface area contributed by atoms with Crippen molar-refractivity contribution in [1.82, 2.24) is 15.1 Å². The molecule has 17 heavy (non-hydrogen) atoms. The summed E-state index contributed by atoms with van der Waals surface area (Å²) in [6, 6.07) is 0. The van der Waals surface area contributed by atoms with Crippen molar-refractivity contribution < 1.29 is 14.3 Å². The first-order valence-electron chi connectivity index (χ1n) is 6.05. The molecule has 1 N–H and O–H groups in total. The van der Waals surface area contributed by atoms with E-state index in [0.29, 0.717) is 36.8 Å². The van der Waals surface area contributed by atoms with Gasteiger partial charge in [0.05, 0.1) is 0 Å². The molecule has 0 radical (unpaired) electrons. The molecule has 1 aromatic heterocycles. The largest absolute Gasteiger partial charge is 0.465 e. The van der Waals surface area contributed by atoms with Crippen molar-refractivity contribution in [3.8, 4) is 0 Å². The van der Waals surface area contributed by atoms with E-state index in [-0.39, 0.29) is 0 Å². The van der Waals surface area contributed by atoms with Crippen molar-refractivity contribution >= 4 is 6.09 Å². The molecule has 6 nitrogen and oxygen atoms in total. The number of hydrogen-bond donors (Lipinski definition) is 1. The summed E-state index contributed by atoms with van der Waals surface area (Å²) in [5.74, 6) is 3.11. The number of hydrogen-bond acceptors (Lipinski definition) is 4. The van der Waals surface area contributed by atoms with Gasteiger partial charge in [-0.15, -0.1) is 10.2 Å². The third-order valence-corrected chi connectivity index (χ3v) is 4.13. The van der Waals surface area contributed by atoms with E-state index in [9.17, 15) is 4.79 Å². The maximum atomic E-state index is 10.8. The van der Waals surface area contributed by atoms with Crippen molar-refractivity contribution in [3.63, 3.8) is 0 Å². The van der Waals surface area contributed by atoms with E-state index in [0.717, 1.165) is 24.6 Å². The Balaban J connectivity index is 1.47. The lowest BCUT2D eigenvalue weighted by atomic mass is 10.2. The number of carboxylic acid groups (broad SMARTS) is 1. The molecule has 2 aliphatic carbocycles. The molecule has 3 fully saturated rings. The van der Waals surface area contributed by atoms with Crippen LogP contribution in [-0.4, -0.2) is 39.4 Å². The predicted octanol–water partition coefficient (Wildman–Crippen LogP) is 1.27. The summed E-state index contributed by atoms with van der Waals surface area (Å²) >= 11 is 0. The summed E-state index contributed by atoms with van der Waals surface area (Å²) in [6.07, 6.45) is 1.50. The van der Waals surface area contributed by atoms with E-state index >= 15 is 0 Å². The molecular formula is C11H13N3O3. The second-order valence-corrected chi connectivity index (χ2v) is 5.29. The average Bonchev–Trinajstić information content (AvgIpc) is 3.17. The minimum absolute atomic E-state index is 0.311. The van der Waals surface area contributed by atoms with Crippen molar-refractivity contribution in [2.24, 2.45) is 11.8 Å². The van der Waals surface area contributed by atoms with Crippen LogP contribution in [0.25, 0.3) is 0 Å². The Hall–Kier alpha value is -1.59. The number of amides is 1. The van der Waals surface area contributed by atoms with Crippen molar-refractivity contribution in [2.45, 2.75) is 24.7 Å². The van der Waals surface area contributed by atoms with Crippen LogP contribution in [0.15, 0.2) is 4.42 Å². The van der Waals surface area contributed by atoms with Gasteiger partial charge in [-0.3, -0.25) is 0 Å². The summed E-state index contributed by atoms with van der Waals surface area (Å²) in [4.78, 5) is 12.3. The van der Waals surface area contributed by atoms with Gasteiger partial charge in [-0.25, -0.2) is 4.79 Å². The molecule has 1 amide bonds. The zero-order chi connectivity index (χ0) is 11.6. The van der Waals surface area contributed by atoms with Crippen LogP contribution in [0, 0.1) is 11.8 Å². The summed E-state index contributed by atoms with van der Waals surface area (Å²) in [7, 11) is 0. The Morgan fingerprint density at radius 1 is 1.24 bits per heavy atom. The van der Waals surface area contributed by atoms with Crippen molar-refractivity contribution in [3.05, 3.63) is 11.8 Å². The molecule has 2 heterocycles. The van der Waals surface area contributed by atoms with Gasteiger partial charge >= 0.3 is 6.09 Å². The van der Waals surface area contributed by atoms with Gasteiger partial charge in [-0.05, 0) is 24.7 Å². The Morgan fingerprint density at radius 2 is 1.88 bits per heavy atom. The van der Waals surface area contributed by atoms with E-state index in [4.69, 9.17) is 9.52 Å². The molecule has 90 valence electrons. The molecule has 0 spiro atoms. The molecule has 4 rings (SSSR count). The van der Waals surface area contributed by atoms with E-state index in [1.165, 1.54) is 4.90 Å². The lowest BCUT2D eigenvalue weighted by Gasteiger charge is -2.14. The fourth-order valence-corrected chi connectivity index (χ4v) is 2.93. The van der Waals surface area contributed by atoms with Gasteiger partial charge in [0.25, 0.3) is 0 Å². The Morgan fingerprint density at radius 3 is 2.47 bits per heavy atom. The molecule has 1 aromatic rings. The van der Waals surface area contributed by atoms with Crippen LogP contribution in [0.2, 0.25) is 0 Å². The molecule has 2 saturated carbocycles. The lowest BCUT2D eigenvalue weighted by molar-refractivity contribution is 0.149. The fourth-order valence-electron chi connectivity index (χ4n) is 2.93. The smallest absolute Gasteiger partial charge is 0.407 e. The van der Waals surface area contributed by atoms with Crippen LogP contribution < -0.4 is 0 Å². The number of nitrogens with zero attached hydrogens (tertiary/aromatic N) is 3. The molecule has 0 unspecified atom stereocenters. The highest BCUT2D eigenvalue weighted by molar-refractivity contribution is 5.66. The first-order valence-corrected chi connectivity index (χ1v) is 6.05. The van der Waals surface area contributed by atoms with Gasteiger partial charge in [-0.1, -0.05) is 0 Å². The van der Waals surface area contributed by atoms with Gasteiger partial charge < -0.3 is 14.4 Å². The van der Waals surface area contributed by atoms with E-state index in [1.807, 2.05) is 0 Å². The number of piperidine rings is 1. The van der Waals surface area contributed by atoms with Crippen LogP contribution in [0.3, 0.4) is 0 Å². The Labute approximate surface area is 97.6 Å². The van der Waals surface area contributed by atoms with Gasteiger partial charge in [0.1, 0.15) is 0 Å². The van der Waals surface area contributed by atoms with E-state index < -0.39 is 6.09 Å². The van der Waals surface area contributed by atoms with Gasteiger partial charge in [0.15, 0.2) is 0 Å². The topological polar surface area (TPSA) is 79.5 Å². The highest BCUT2D eigenvalue weighted by Gasteiger charge is 2.60. The minimum Gasteiger partial charge on any atom is -0.465 e. The van der Waals surface area contributed by atoms with Gasteiger partial charge in [-0.2, -0.15) is 0 Å². The normalized spacial score (nSPS) is 34.8. The van der Waals surface area contributed by atoms with Crippen molar-refractivity contribution in [2.75, 3.05) is 13.1 Å². The zero-order valence-corrected chi connectivity index (χ0v) is 9.24. The van der Waals surface area contributed by atoms with E-state index in [2.05, 4.69) is 10.2 Å². The second kappa shape index (κ2) is 3.00.